The summed E-state index contributed by atoms with van der Waals surface area (Å²) in [6.45, 7) is 3.68. The van der Waals surface area contributed by atoms with Crippen molar-refractivity contribution in [2.24, 2.45) is 0 Å². The molecule has 2 aromatic heterocycles. The van der Waals surface area contributed by atoms with Gasteiger partial charge in [0.25, 0.3) is 0 Å². The van der Waals surface area contributed by atoms with Crippen LogP contribution in [0, 0.1) is 6.92 Å². The van der Waals surface area contributed by atoms with Crippen molar-refractivity contribution in [1.29, 1.82) is 0 Å². The average molecular weight is 333 g/mol. The summed E-state index contributed by atoms with van der Waals surface area (Å²) in [5.74, 6) is 0.493. The molecule has 102 valence electrons. The van der Waals surface area contributed by atoms with Crippen LogP contribution in [0.5, 0.6) is 0 Å². The van der Waals surface area contributed by atoms with Crippen LogP contribution in [0.2, 0.25) is 0 Å². The van der Waals surface area contributed by atoms with Crippen molar-refractivity contribution in [2.45, 2.75) is 20.0 Å². The second-order valence-electron chi connectivity index (χ2n) is 4.74. The number of fused-ring (bicyclic) bond motifs is 1. The monoisotopic (exact) mass is 332 g/mol. The van der Waals surface area contributed by atoms with Crippen molar-refractivity contribution in [2.75, 3.05) is 0 Å². The van der Waals surface area contributed by atoms with Crippen LogP contribution in [-0.4, -0.2) is 15.1 Å². The Balaban J connectivity index is 2.13. The first-order valence-electron chi connectivity index (χ1n) is 6.25. The van der Waals surface area contributed by atoms with Crippen LogP contribution in [0.4, 0.5) is 0 Å². The summed E-state index contributed by atoms with van der Waals surface area (Å²) in [5, 5.41) is 9.60. The van der Waals surface area contributed by atoms with Crippen LogP contribution in [-0.2, 0) is 0 Å². The van der Waals surface area contributed by atoms with Gasteiger partial charge in [-0.05, 0) is 59.1 Å². The molecule has 0 bridgehead atoms. The topological polar surface area (TPSA) is 59.2 Å². The van der Waals surface area contributed by atoms with Crippen LogP contribution < -0.4 is 0 Å². The number of aliphatic hydroxyl groups is 1. The predicted octanol–water partition coefficient (Wildman–Crippen LogP) is 4.01. The Morgan fingerprint density at radius 2 is 2.10 bits per heavy atom. The first-order chi connectivity index (χ1) is 9.54. The minimum Gasteiger partial charge on any atom is -0.435 e. The van der Waals surface area contributed by atoms with Crippen molar-refractivity contribution in [3.8, 4) is 11.6 Å². The number of hydrogen-bond donors (Lipinski definition) is 1. The Bertz CT molecular complexity index is 781. The minimum atomic E-state index is -0.527. The van der Waals surface area contributed by atoms with Gasteiger partial charge < -0.3 is 9.52 Å². The van der Waals surface area contributed by atoms with Gasteiger partial charge in [-0.25, -0.2) is 9.97 Å². The zero-order chi connectivity index (χ0) is 14.3. The van der Waals surface area contributed by atoms with Crippen molar-refractivity contribution < 1.29 is 9.52 Å². The summed E-state index contributed by atoms with van der Waals surface area (Å²) in [4.78, 5) is 8.80. The molecule has 0 aliphatic carbocycles. The van der Waals surface area contributed by atoms with E-state index in [9.17, 15) is 5.11 Å². The van der Waals surface area contributed by atoms with Gasteiger partial charge in [0.2, 0.25) is 5.89 Å². The van der Waals surface area contributed by atoms with Crippen molar-refractivity contribution in [3.63, 3.8) is 0 Å². The third kappa shape index (κ3) is 2.34. The summed E-state index contributed by atoms with van der Waals surface area (Å²) < 4.78 is 6.69. The third-order valence-electron chi connectivity index (χ3n) is 3.14. The van der Waals surface area contributed by atoms with E-state index in [4.69, 9.17) is 4.42 Å². The number of nitrogens with zero attached hydrogens (tertiary/aromatic N) is 2. The highest BCUT2D eigenvalue weighted by Crippen LogP contribution is 2.28. The molecule has 0 fully saturated rings. The molecule has 1 N–H and O–H groups in total. The highest BCUT2D eigenvalue weighted by atomic mass is 79.9. The van der Waals surface area contributed by atoms with Crippen LogP contribution in [0.1, 0.15) is 24.2 Å². The Labute approximate surface area is 124 Å². The van der Waals surface area contributed by atoms with Crippen LogP contribution in [0.15, 0.2) is 39.4 Å². The smallest absolute Gasteiger partial charge is 0.246 e. The maximum absolute atomic E-state index is 9.60. The molecule has 0 saturated heterocycles. The lowest BCUT2D eigenvalue weighted by Crippen LogP contribution is -1.89. The second kappa shape index (κ2) is 5.00. The van der Waals surface area contributed by atoms with Crippen molar-refractivity contribution in [1.82, 2.24) is 9.97 Å². The Kier molecular flexibility index (Phi) is 3.31. The molecule has 2 heterocycles. The maximum Gasteiger partial charge on any atom is 0.246 e. The number of aryl methyl sites for hydroxylation is 1. The van der Waals surface area contributed by atoms with Crippen molar-refractivity contribution >= 4 is 27.0 Å². The van der Waals surface area contributed by atoms with Crippen LogP contribution >= 0.6 is 15.9 Å². The first kappa shape index (κ1) is 13.3. The van der Waals surface area contributed by atoms with E-state index in [-0.39, 0.29) is 0 Å². The van der Waals surface area contributed by atoms with E-state index < -0.39 is 6.10 Å². The molecule has 1 atom stereocenters. The lowest BCUT2D eigenvalue weighted by Gasteiger charge is -2.02. The van der Waals surface area contributed by atoms with Gasteiger partial charge in [0, 0.05) is 10.7 Å². The molecule has 0 aliphatic rings. The second-order valence-corrected chi connectivity index (χ2v) is 5.66. The zero-order valence-electron chi connectivity index (χ0n) is 11.1. The van der Waals surface area contributed by atoms with Crippen LogP contribution in [0.25, 0.3) is 22.7 Å². The molecule has 1 aromatic carbocycles. The number of hydrogen-bond acceptors (Lipinski definition) is 4. The van der Waals surface area contributed by atoms with E-state index in [0.29, 0.717) is 11.5 Å². The van der Waals surface area contributed by atoms with Crippen molar-refractivity contribution in [3.05, 3.63) is 46.1 Å². The molecule has 0 aliphatic heterocycles. The fourth-order valence-electron chi connectivity index (χ4n) is 2.07. The van der Waals surface area contributed by atoms with Crippen LogP contribution in [0.3, 0.4) is 0 Å². The Morgan fingerprint density at radius 3 is 2.80 bits per heavy atom. The highest BCUT2D eigenvalue weighted by Gasteiger charge is 2.13. The molecule has 20 heavy (non-hydrogen) atoms. The lowest BCUT2D eigenvalue weighted by molar-refractivity contribution is 0.199. The van der Waals surface area contributed by atoms with Gasteiger partial charge in [-0.3, -0.25) is 0 Å². The van der Waals surface area contributed by atoms with Gasteiger partial charge in [-0.15, -0.1) is 0 Å². The van der Waals surface area contributed by atoms with Gasteiger partial charge in [-0.2, -0.15) is 0 Å². The SMILES string of the molecule is Cc1cc(Br)cnc1-c1nc2ccc([C@@H](C)O)cc2o1. The lowest BCUT2D eigenvalue weighted by atomic mass is 10.1. The summed E-state index contributed by atoms with van der Waals surface area (Å²) >= 11 is 3.39. The number of halogens is 1. The van der Waals surface area contributed by atoms with E-state index in [1.807, 2.05) is 31.2 Å². The molecule has 0 saturated carbocycles. The number of pyridine rings is 1. The molecular weight excluding hydrogens is 320 g/mol. The molecule has 5 heteroatoms. The van der Waals surface area contributed by atoms with Gasteiger partial charge in [0.1, 0.15) is 11.2 Å². The van der Waals surface area contributed by atoms with Gasteiger partial charge in [-0.1, -0.05) is 6.07 Å². The largest absolute Gasteiger partial charge is 0.435 e. The molecule has 0 spiro atoms. The molecule has 0 amide bonds. The zero-order valence-corrected chi connectivity index (χ0v) is 12.7. The van der Waals surface area contributed by atoms with E-state index in [0.717, 1.165) is 26.8 Å². The van der Waals surface area contributed by atoms with E-state index >= 15 is 0 Å². The van der Waals surface area contributed by atoms with E-state index in [1.165, 1.54) is 0 Å². The predicted molar refractivity (Wildman–Crippen MR) is 80.3 cm³/mol. The molecular formula is C15H13BrN2O2. The Morgan fingerprint density at radius 1 is 1.30 bits per heavy atom. The van der Waals surface area contributed by atoms with Gasteiger partial charge in [0.15, 0.2) is 5.58 Å². The molecule has 0 unspecified atom stereocenters. The summed E-state index contributed by atoms with van der Waals surface area (Å²) in [6, 6.07) is 7.48. The van der Waals surface area contributed by atoms with E-state index in [1.54, 1.807) is 13.1 Å². The standard InChI is InChI=1S/C15H13BrN2O2/c1-8-5-11(16)7-17-14(8)15-18-12-4-3-10(9(2)19)6-13(12)20-15/h3-7,9,19H,1-2H3/t9-/m1/s1. The van der Waals surface area contributed by atoms with Gasteiger partial charge >= 0.3 is 0 Å². The van der Waals surface area contributed by atoms with E-state index in [2.05, 4.69) is 25.9 Å². The molecule has 3 aromatic rings. The Hall–Kier alpha value is -1.72. The normalized spacial score (nSPS) is 12.8. The molecule has 4 nitrogen and oxygen atoms in total. The maximum atomic E-state index is 9.60. The average Bonchev–Trinajstić information content (AvgIpc) is 2.80. The molecule has 0 radical (unpaired) electrons. The number of aromatic nitrogens is 2. The quantitative estimate of drug-likeness (QED) is 0.770. The van der Waals surface area contributed by atoms with Gasteiger partial charge in [0.05, 0.1) is 6.10 Å². The number of aliphatic hydroxyl groups excluding tert-OH is 1. The fraction of sp³-hybridized carbons (Fsp3) is 0.200. The fourth-order valence-corrected chi connectivity index (χ4v) is 2.51. The third-order valence-corrected chi connectivity index (χ3v) is 3.58. The minimum absolute atomic E-state index is 0.493. The summed E-state index contributed by atoms with van der Waals surface area (Å²) in [7, 11) is 0. The molecule has 3 rings (SSSR count). The number of benzene rings is 1. The highest BCUT2D eigenvalue weighted by molar-refractivity contribution is 9.10. The number of oxazole rings is 1. The number of rotatable bonds is 2. The summed E-state index contributed by atoms with van der Waals surface area (Å²) in [6.07, 6.45) is 1.19. The summed E-state index contributed by atoms with van der Waals surface area (Å²) in [5.41, 5.74) is 3.93. The first-order valence-corrected chi connectivity index (χ1v) is 7.05.